The van der Waals surface area contributed by atoms with Crippen molar-refractivity contribution < 1.29 is 33.7 Å². The molecule has 4 N–H and O–H groups in total. The Morgan fingerprint density at radius 3 is 1.95 bits per heavy atom. The minimum Gasteiger partial charge on any atom is -0.457 e. The van der Waals surface area contributed by atoms with Gasteiger partial charge < -0.3 is 25.6 Å². The Morgan fingerprint density at radius 2 is 1.41 bits per heavy atom. The van der Waals surface area contributed by atoms with Crippen molar-refractivity contribution >= 4 is 28.9 Å². The van der Waals surface area contributed by atoms with Crippen LogP contribution in [0.2, 0.25) is 0 Å². The fraction of sp³-hybridized carbons (Fsp3) is 0.179. The van der Waals surface area contributed by atoms with Crippen molar-refractivity contribution in [3.63, 3.8) is 0 Å². The van der Waals surface area contributed by atoms with E-state index in [1.54, 1.807) is 24.3 Å². The highest BCUT2D eigenvalue weighted by Crippen LogP contribution is 2.33. The van der Waals surface area contributed by atoms with E-state index in [2.05, 4.69) is 10.6 Å². The highest BCUT2D eigenvalue weighted by molar-refractivity contribution is 6.32. The number of para-hydroxylation sites is 2. The van der Waals surface area contributed by atoms with Crippen LogP contribution < -0.4 is 10.6 Å². The number of nitrogens with one attached hydrogen (secondary N) is 2. The lowest BCUT2D eigenvalue weighted by Crippen LogP contribution is -2.34. The van der Waals surface area contributed by atoms with Crippen LogP contribution >= 0.6 is 0 Å². The van der Waals surface area contributed by atoms with Crippen LogP contribution in [-0.4, -0.2) is 40.0 Å². The molecule has 1 aliphatic heterocycles. The maximum Gasteiger partial charge on any atom is 0.303 e. The number of ether oxygens (including phenoxy) is 1. The number of hydrogen-bond acceptors (Lipinski definition) is 8. The third-order valence-corrected chi connectivity index (χ3v) is 5.82. The van der Waals surface area contributed by atoms with Crippen LogP contribution in [0.15, 0.2) is 84.2 Å². The van der Waals surface area contributed by atoms with E-state index in [1.165, 1.54) is 49.4 Å². The van der Waals surface area contributed by atoms with E-state index in [0.29, 0.717) is 11.4 Å². The van der Waals surface area contributed by atoms with Crippen molar-refractivity contribution in [2.75, 3.05) is 10.6 Å². The molecule has 190 valence electrons. The second-order valence-electron chi connectivity index (χ2n) is 8.60. The number of fused-ring (bicyclic) bond motifs is 1. The predicted octanol–water partition coefficient (Wildman–Crippen LogP) is 3.99. The van der Waals surface area contributed by atoms with Crippen LogP contribution in [0.1, 0.15) is 46.2 Å². The zero-order valence-electron chi connectivity index (χ0n) is 20.1. The Morgan fingerprint density at radius 1 is 0.838 bits per heavy atom. The number of ketones is 2. The predicted molar refractivity (Wildman–Crippen MR) is 134 cm³/mol. The van der Waals surface area contributed by atoms with Gasteiger partial charge in [-0.1, -0.05) is 42.5 Å². The Hall–Kier alpha value is -4.34. The lowest BCUT2D eigenvalue weighted by molar-refractivity contribution is -0.161. The number of aliphatic hydroxyl groups excluding tert-OH is 2. The van der Waals surface area contributed by atoms with Gasteiger partial charge in [-0.05, 0) is 42.8 Å². The zero-order valence-corrected chi connectivity index (χ0v) is 20.1. The monoisotopic (exact) mass is 504 g/mol. The molecule has 37 heavy (non-hydrogen) atoms. The number of esters is 1. The molecule has 1 heterocycles. The van der Waals surface area contributed by atoms with E-state index < -0.39 is 41.7 Å². The number of hydrogen-bond donors (Lipinski definition) is 4. The van der Waals surface area contributed by atoms with Crippen molar-refractivity contribution in [1.29, 1.82) is 0 Å². The lowest BCUT2D eigenvalue weighted by atomic mass is 9.92. The number of halogens is 1. The van der Waals surface area contributed by atoms with Gasteiger partial charge in [-0.25, -0.2) is 4.39 Å². The van der Waals surface area contributed by atoms with Crippen molar-refractivity contribution in [3.05, 3.63) is 107 Å². The molecule has 0 amide bonds. The van der Waals surface area contributed by atoms with Gasteiger partial charge in [-0.3, -0.25) is 14.4 Å². The van der Waals surface area contributed by atoms with E-state index in [-0.39, 0.29) is 28.1 Å². The van der Waals surface area contributed by atoms with Gasteiger partial charge in [0.2, 0.25) is 11.6 Å². The maximum atomic E-state index is 13.9. The summed E-state index contributed by atoms with van der Waals surface area (Å²) in [5.74, 6) is -2.58. The zero-order chi connectivity index (χ0) is 26.7. The Balaban J connectivity index is 1.76. The van der Waals surface area contributed by atoms with Gasteiger partial charge in [0.05, 0.1) is 17.5 Å². The highest BCUT2D eigenvalue weighted by Gasteiger charge is 2.32. The molecular formula is C28H25FN2O6. The van der Waals surface area contributed by atoms with Crippen molar-refractivity contribution in [2.24, 2.45) is 0 Å². The smallest absolute Gasteiger partial charge is 0.303 e. The first-order chi connectivity index (χ1) is 17.7. The number of Topliss-reactive ketones (excluding diaryl/α,β-unsaturated/α-hetero) is 2. The minimum absolute atomic E-state index is 0.0179. The number of benzene rings is 3. The van der Waals surface area contributed by atoms with Crippen LogP contribution in [0, 0.1) is 5.82 Å². The number of aliphatic hydroxyl groups is 2. The van der Waals surface area contributed by atoms with Crippen LogP contribution in [0.5, 0.6) is 0 Å². The summed E-state index contributed by atoms with van der Waals surface area (Å²) in [6.45, 7) is 2.51. The largest absolute Gasteiger partial charge is 0.457 e. The first-order valence-corrected chi connectivity index (χ1v) is 11.5. The molecule has 3 atom stereocenters. The Bertz CT molecular complexity index is 1370. The van der Waals surface area contributed by atoms with E-state index in [4.69, 9.17) is 4.74 Å². The van der Waals surface area contributed by atoms with Crippen molar-refractivity contribution in [2.45, 2.75) is 32.2 Å². The Kier molecular flexibility index (Phi) is 7.47. The van der Waals surface area contributed by atoms with Crippen LogP contribution in [0.25, 0.3) is 0 Å². The molecule has 0 bridgehead atoms. The van der Waals surface area contributed by atoms with E-state index in [9.17, 15) is 29.0 Å². The molecule has 3 aromatic rings. The molecule has 0 fully saturated rings. The molecule has 3 unspecified atom stereocenters. The van der Waals surface area contributed by atoms with Crippen LogP contribution in [0.4, 0.5) is 15.8 Å². The topological polar surface area (TPSA) is 125 Å². The second kappa shape index (κ2) is 10.7. The van der Waals surface area contributed by atoms with E-state index in [0.717, 1.165) is 13.0 Å². The Labute approximate surface area is 212 Å². The number of rotatable bonds is 8. The highest BCUT2D eigenvalue weighted by atomic mass is 19.1. The molecule has 4 rings (SSSR count). The molecule has 1 aliphatic rings. The average Bonchev–Trinajstić information content (AvgIpc) is 3.30. The summed E-state index contributed by atoms with van der Waals surface area (Å²) < 4.78 is 19.0. The molecule has 0 spiro atoms. The van der Waals surface area contributed by atoms with Gasteiger partial charge in [-0.2, -0.15) is 0 Å². The lowest BCUT2D eigenvalue weighted by Gasteiger charge is -2.25. The van der Waals surface area contributed by atoms with Gasteiger partial charge >= 0.3 is 5.97 Å². The molecule has 0 saturated carbocycles. The first-order valence-electron chi connectivity index (χ1n) is 11.5. The number of carbonyl (C=O) groups excluding carboxylic acids is 3. The molecule has 0 aromatic heterocycles. The molecule has 0 aliphatic carbocycles. The molecule has 8 nitrogen and oxygen atoms in total. The standard InChI is InChI=1S/C28H25FN2O6/c1-15(32)27(37-16(2)33)26(36)18-8-5-7-17(13-18)24(34)23(25(35)19-9-6-10-20(29)14-19)28-30-21-11-3-4-12-22(21)31-28/h3-15,26-27,30-32,36H,1-2H3. The van der Waals surface area contributed by atoms with Crippen molar-refractivity contribution in [3.8, 4) is 0 Å². The van der Waals surface area contributed by atoms with Gasteiger partial charge in [0.1, 0.15) is 23.3 Å². The normalized spacial score (nSPS) is 14.5. The minimum atomic E-state index is -1.45. The van der Waals surface area contributed by atoms with Gasteiger partial charge in [0.25, 0.3) is 0 Å². The summed E-state index contributed by atoms with van der Waals surface area (Å²) in [4.78, 5) is 38.7. The number of allylic oxidation sites excluding steroid dienone is 1. The van der Waals surface area contributed by atoms with E-state index in [1.807, 2.05) is 0 Å². The van der Waals surface area contributed by atoms with E-state index >= 15 is 0 Å². The van der Waals surface area contributed by atoms with Gasteiger partial charge in [0, 0.05) is 18.1 Å². The van der Waals surface area contributed by atoms with Crippen LogP contribution in [0.3, 0.4) is 0 Å². The SMILES string of the molecule is CC(=O)OC(C(C)O)C(O)c1cccc(C(=O)C(C(=O)c2cccc(F)c2)=C2Nc3ccccc3N2)c1. The quantitative estimate of drug-likeness (QED) is 0.119. The van der Waals surface area contributed by atoms with Crippen LogP contribution in [-0.2, 0) is 9.53 Å². The molecule has 0 saturated heterocycles. The average molecular weight is 505 g/mol. The summed E-state index contributed by atoms with van der Waals surface area (Å²) in [5, 5.41) is 26.9. The number of carbonyl (C=O) groups is 3. The third-order valence-electron chi connectivity index (χ3n) is 5.82. The van der Waals surface area contributed by atoms with Gasteiger partial charge in [0.15, 0.2) is 6.10 Å². The summed E-state index contributed by atoms with van der Waals surface area (Å²) in [5.41, 5.74) is 1.27. The maximum absolute atomic E-state index is 13.9. The fourth-order valence-corrected chi connectivity index (χ4v) is 4.05. The molecular weight excluding hydrogens is 479 g/mol. The summed E-state index contributed by atoms with van der Waals surface area (Å²) in [7, 11) is 0. The molecule has 3 aromatic carbocycles. The van der Waals surface area contributed by atoms with Gasteiger partial charge in [-0.15, -0.1) is 0 Å². The van der Waals surface area contributed by atoms with Crippen molar-refractivity contribution in [1.82, 2.24) is 0 Å². The summed E-state index contributed by atoms with van der Waals surface area (Å²) >= 11 is 0. The molecule has 9 heteroatoms. The summed E-state index contributed by atoms with van der Waals surface area (Å²) in [6, 6.07) is 18.0. The fourth-order valence-electron chi connectivity index (χ4n) is 4.05. The first kappa shape index (κ1) is 25.7. The second-order valence-corrected chi connectivity index (χ2v) is 8.60. The number of anilines is 2. The third kappa shape index (κ3) is 5.58. The molecule has 0 radical (unpaired) electrons. The summed E-state index contributed by atoms with van der Waals surface area (Å²) in [6.07, 6.45) is -3.92.